The van der Waals surface area contributed by atoms with Crippen LogP contribution in [0.25, 0.3) is 11.0 Å². The zero-order chi connectivity index (χ0) is 17.8. The number of ether oxygens (including phenoxy) is 1. The minimum atomic E-state index is -0.480. The molecule has 7 nitrogen and oxygen atoms in total. The number of aromatic nitrogens is 2. The molecule has 25 heavy (non-hydrogen) atoms. The predicted molar refractivity (Wildman–Crippen MR) is 96.5 cm³/mol. The lowest BCUT2D eigenvalue weighted by Crippen LogP contribution is -2.51. The van der Waals surface area contributed by atoms with E-state index in [1.54, 1.807) is 4.90 Å². The molecule has 0 radical (unpaired) electrons. The van der Waals surface area contributed by atoms with Gasteiger partial charge < -0.3 is 20.4 Å². The number of imidazole rings is 1. The van der Waals surface area contributed by atoms with E-state index in [9.17, 15) is 9.59 Å². The smallest absolute Gasteiger partial charge is 0.240 e. The van der Waals surface area contributed by atoms with E-state index in [4.69, 9.17) is 10.5 Å². The Kier molecular flexibility index (Phi) is 5.47. The quantitative estimate of drug-likeness (QED) is 0.765. The number of piperidine rings is 1. The highest BCUT2D eigenvalue weighted by atomic mass is 32.2. The number of aromatic amines is 1. The molecule has 1 saturated heterocycles. The van der Waals surface area contributed by atoms with Crippen LogP contribution >= 0.6 is 11.8 Å². The Morgan fingerprint density at radius 1 is 1.44 bits per heavy atom. The third-order valence-corrected chi connectivity index (χ3v) is 5.08. The van der Waals surface area contributed by atoms with Crippen LogP contribution in [0.1, 0.15) is 26.2 Å². The molecule has 0 saturated carbocycles. The van der Waals surface area contributed by atoms with E-state index < -0.39 is 11.9 Å². The Morgan fingerprint density at radius 2 is 2.28 bits per heavy atom. The first-order valence-electron chi connectivity index (χ1n) is 8.42. The van der Waals surface area contributed by atoms with Crippen molar-refractivity contribution in [3.05, 3.63) is 18.2 Å². The van der Waals surface area contributed by atoms with Crippen molar-refractivity contribution in [2.24, 2.45) is 5.73 Å². The maximum absolute atomic E-state index is 12.5. The third-order valence-electron chi connectivity index (χ3n) is 4.23. The van der Waals surface area contributed by atoms with E-state index in [1.165, 1.54) is 11.8 Å². The summed E-state index contributed by atoms with van der Waals surface area (Å²) in [5.41, 5.74) is 7.12. The number of H-pyrrole nitrogens is 1. The lowest BCUT2D eigenvalue weighted by Gasteiger charge is -2.33. The zero-order valence-corrected chi connectivity index (χ0v) is 15.0. The van der Waals surface area contributed by atoms with Gasteiger partial charge in [-0.25, -0.2) is 4.98 Å². The van der Waals surface area contributed by atoms with Crippen LogP contribution in [0.15, 0.2) is 23.4 Å². The molecule has 1 fully saturated rings. The summed E-state index contributed by atoms with van der Waals surface area (Å²) >= 11 is 1.33. The van der Waals surface area contributed by atoms with Gasteiger partial charge in [0.1, 0.15) is 11.8 Å². The van der Waals surface area contributed by atoms with Crippen molar-refractivity contribution in [2.75, 3.05) is 18.9 Å². The molecule has 2 aromatic rings. The Morgan fingerprint density at radius 3 is 3.04 bits per heavy atom. The summed E-state index contributed by atoms with van der Waals surface area (Å²) in [5.74, 6) is 0.500. The summed E-state index contributed by atoms with van der Waals surface area (Å²) < 4.78 is 5.48. The largest absolute Gasteiger partial charge is 0.494 e. The van der Waals surface area contributed by atoms with E-state index in [0.29, 0.717) is 24.7 Å². The highest BCUT2D eigenvalue weighted by molar-refractivity contribution is 7.99. The Bertz CT molecular complexity index is 776. The van der Waals surface area contributed by atoms with Gasteiger partial charge in [0, 0.05) is 12.6 Å². The van der Waals surface area contributed by atoms with Gasteiger partial charge in [-0.15, -0.1) is 0 Å². The van der Waals surface area contributed by atoms with Gasteiger partial charge in [-0.05, 0) is 38.3 Å². The number of hydrogen-bond donors (Lipinski definition) is 2. The molecular weight excluding hydrogens is 340 g/mol. The summed E-state index contributed by atoms with van der Waals surface area (Å²) in [5, 5.41) is 0.671. The fourth-order valence-corrected chi connectivity index (χ4v) is 3.80. The number of nitrogens with one attached hydrogen (secondary N) is 1. The average molecular weight is 362 g/mol. The zero-order valence-electron chi connectivity index (χ0n) is 14.2. The first kappa shape index (κ1) is 17.6. The third kappa shape index (κ3) is 4.07. The number of amides is 2. The van der Waals surface area contributed by atoms with Crippen molar-refractivity contribution >= 4 is 34.6 Å². The number of fused-ring (bicyclic) bond motifs is 1. The molecule has 0 aliphatic carbocycles. The van der Waals surface area contributed by atoms with E-state index in [2.05, 4.69) is 9.97 Å². The van der Waals surface area contributed by atoms with Crippen molar-refractivity contribution in [1.82, 2.24) is 14.9 Å². The second-order valence-electron chi connectivity index (χ2n) is 5.94. The molecule has 1 aliphatic rings. The van der Waals surface area contributed by atoms with Gasteiger partial charge >= 0.3 is 0 Å². The van der Waals surface area contributed by atoms with Gasteiger partial charge in [0.05, 0.1) is 23.4 Å². The average Bonchev–Trinajstić information content (AvgIpc) is 3.02. The van der Waals surface area contributed by atoms with Gasteiger partial charge in [0.25, 0.3) is 0 Å². The van der Waals surface area contributed by atoms with E-state index >= 15 is 0 Å². The number of carbonyl (C=O) groups is 2. The fraction of sp³-hybridized carbons (Fsp3) is 0.471. The number of nitrogens with zero attached hydrogens (tertiary/aromatic N) is 2. The van der Waals surface area contributed by atoms with Crippen molar-refractivity contribution in [1.29, 1.82) is 0 Å². The molecule has 1 aromatic heterocycles. The lowest BCUT2D eigenvalue weighted by molar-refractivity contribution is -0.138. The van der Waals surface area contributed by atoms with E-state index in [0.717, 1.165) is 29.6 Å². The Labute approximate surface area is 150 Å². The lowest BCUT2D eigenvalue weighted by atomic mass is 10.0. The van der Waals surface area contributed by atoms with Gasteiger partial charge in [-0.3, -0.25) is 9.59 Å². The SMILES string of the molecule is CCOc1ccc2nc(SCC(=O)N3CCCCC3C(N)=O)[nH]c2c1. The summed E-state index contributed by atoms with van der Waals surface area (Å²) in [4.78, 5) is 33.3. The van der Waals surface area contributed by atoms with Crippen molar-refractivity contribution in [3.8, 4) is 5.75 Å². The molecule has 3 N–H and O–H groups in total. The van der Waals surface area contributed by atoms with Gasteiger partial charge in [0.2, 0.25) is 11.8 Å². The standard InChI is InChI=1S/C17H22N4O3S/c1-2-24-11-6-7-12-13(9-11)20-17(19-12)25-10-15(22)21-8-4-3-5-14(21)16(18)23/h6-7,9,14H,2-5,8,10H2,1H3,(H2,18,23)(H,19,20). The fourth-order valence-electron chi connectivity index (χ4n) is 3.03. The molecule has 1 aliphatic heterocycles. The van der Waals surface area contributed by atoms with E-state index in [1.807, 2.05) is 25.1 Å². The van der Waals surface area contributed by atoms with E-state index in [-0.39, 0.29) is 11.7 Å². The molecular formula is C17H22N4O3S. The Balaban J connectivity index is 1.65. The number of nitrogens with two attached hydrogens (primary N) is 1. The molecule has 1 atom stereocenters. The molecule has 0 spiro atoms. The number of hydrogen-bond acceptors (Lipinski definition) is 5. The minimum absolute atomic E-state index is 0.0797. The van der Waals surface area contributed by atoms with Crippen LogP contribution < -0.4 is 10.5 Å². The highest BCUT2D eigenvalue weighted by Crippen LogP contribution is 2.24. The molecule has 8 heteroatoms. The molecule has 134 valence electrons. The molecule has 1 aromatic carbocycles. The first-order valence-corrected chi connectivity index (χ1v) is 9.41. The first-order chi connectivity index (χ1) is 12.1. The van der Waals surface area contributed by atoms with Crippen LogP contribution in [0.4, 0.5) is 0 Å². The molecule has 0 bridgehead atoms. The number of benzene rings is 1. The number of likely N-dealkylation sites (tertiary alicyclic amines) is 1. The number of primary amides is 1. The molecule has 2 heterocycles. The Hall–Kier alpha value is -2.22. The molecule has 1 unspecified atom stereocenters. The summed E-state index contributed by atoms with van der Waals surface area (Å²) in [6.07, 6.45) is 2.48. The van der Waals surface area contributed by atoms with Gasteiger partial charge in [-0.2, -0.15) is 0 Å². The van der Waals surface area contributed by atoms with Crippen LogP contribution in [0, 0.1) is 0 Å². The second kappa shape index (κ2) is 7.77. The van der Waals surface area contributed by atoms with Crippen LogP contribution in [0.2, 0.25) is 0 Å². The topological polar surface area (TPSA) is 101 Å². The van der Waals surface area contributed by atoms with Crippen molar-refractivity contribution in [3.63, 3.8) is 0 Å². The van der Waals surface area contributed by atoms with Crippen LogP contribution in [-0.4, -0.2) is 51.6 Å². The summed E-state index contributed by atoms with van der Waals surface area (Å²) in [6, 6.07) is 5.17. The normalized spacial score (nSPS) is 17.6. The number of carbonyl (C=O) groups excluding carboxylic acids is 2. The van der Waals surface area contributed by atoms with Crippen LogP contribution in [0.3, 0.4) is 0 Å². The summed E-state index contributed by atoms with van der Waals surface area (Å²) in [6.45, 7) is 3.13. The predicted octanol–water partition coefficient (Wildman–Crippen LogP) is 1.92. The van der Waals surface area contributed by atoms with Crippen LogP contribution in [-0.2, 0) is 9.59 Å². The minimum Gasteiger partial charge on any atom is -0.494 e. The maximum atomic E-state index is 12.5. The highest BCUT2D eigenvalue weighted by Gasteiger charge is 2.30. The maximum Gasteiger partial charge on any atom is 0.240 e. The van der Waals surface area contributed by atoms with Crippen molar-refractivity contribution < 1.29 is 14.3 Å². The van der Waals surface area contributed by atoms with Crippen LogP contribution in [0.5, 0.6) is 5.75 Å². The van der Waals surface area contributed by atoms with Crippen molar-refractivity contribution in [2.45, 2.75) is 37.4 Å². The second-order valence-corrected chi connectivity index (χ2v) is 6.91. The number of thioether (sulfide) groups is 1. The molecule has 3 rings (SSSR count). The number of rotatable bonds is 6. The molecule has 2 amide bonds. The summed E-state index contributed by atoms with van der Waals surface area (Å²) in [7, 11) is 0. The monoisotopic (exact) mass is 362 g/mol. The van der Waals surface area contributed by atoms with Gasteiger partial charge in [0.15, 0.2) is 5.16 Å². The van der Waals surface area contributed by atoms with Gasteiger partial charge in [-0.1, -0.05) is 11.8 Å².